The Kier molecular flexibility index (Phi) is 4.31. The van der Waals surface area contributed by atoms with Crippen LogP contribution in [0.2, 0.25) is 0 Å². The molecule has 0 heterocycles. The summed E-state index contributed by atoms with van der Waals surface area (Å²) in [6, 6.07) is 12.9. The first-order valence-electron chi connectivity index (χ1n) is 5.56. The van der Waals surface area contributed by atoms with E-state index >= 15 is 0 Å². The number of nitrogens with one attached hydrogen (secondary N) is 1. The lowest BCUT2D eigenvalue weighted by molar-refractivity contribution is -0.385. The molecule has 102 valence electrons. The Morgan fingerprint density at radius 3 is 2.45 bits per heavy atom. The number of halogens is 1. The van der Waals surface area contributed by atoms with Crippen molar-refractivity contribution in [3.63, 3.8) is 0 Å². The smallest absolute Gasteiger partial charge is 0.313 e. The first kappa shape index (κ1) is 14.0. The maximum atomic E-state index is 12.1. The van der Waals surface area contributed by atoms with Crippen LogP contribution in [0.4, 0.5) is 11.4 Å². The van der Waals surface area contributed by atoms with E-state index in [9.17, 15) is 14.9 Å². The molecule has 2 rings (SSSR count). The van der Waals surface area contributed by atoms with Crippen molar-refractivity contribution in [2.45, 2.75) is 0 Å². The molecule has 0 spiro atoms. The molecule has 2 aromatic carbocycles. The molecule has 0 fully saturated rings. The van der Waals surface area contributed by atoms with E-state index in [0.29, 0.717) is 5.69 Å². The van der Waals surface area contributed by atoms with Gasteiger partial charge >= 0.3 is 5.69 Å². The zero-order chi connectivity index (χ0) is 14.5. The highest BCUT2D eigenvalue weighted by Gasteiger charge is 2.23. The minimum absolute atomic E-state index is 0.0694. The summed E-state index contributed by atoms with van der Waals surface area (Å²) in [7, 11) is 0. The molecule has 6 nitrogen and oxygen atoms in total. The van der Waals surface area contributed by atoms with Crippen LogP contribution in [0.1, 0.15) is 10.4 Å². The zero-order valence-corrected chi connectivity index (χ0v) is 11.7. The van der Waals surface area contributed by atoms with Crippen molar-refractivity contribution in [1.29, 1.82) is 0 Å². The summed E-state index contributed by atoms with van der Waals surface area (Å²) >= 11 is 2.70. The van der Waals surface area contributed by atoms with E-state index in [2.05, 4.69) is 21.6 Å². The SMILES string of the molecule is O=C(Nc1ccccc1)c1cccc([N+](=O)[O-])c1OBr. The molecule has 0 aliphatic rings. The highest BCUT2D eigenvalue weighted by atomic mass is 79.9. The summed E-state index contributed by atoms with van der Waals surface area (Å²) in [6.45, 7) is 0. The van der Waals surface area contributed by atoms with Gasteiger partial charge in [-0.15, -0.1) is 0 Å². The summed E-state index contributed by atoms with van der Waals surface area (Å²) in [5, 5.41) is 13.5. The van der Waals surface area contributed by atoms with Crippen LogP contribution in [0.5, 0.6) is 5.75 Å². The van der Waals surface area contributed by atoms with E-state index in [-0.39, 0.29) is 17.0 Å². The van der Waals surface area contributed by atoms with Gasteiger partial charge in [0.15, 0.2) is 16.3 Å². The van der Waals surface area contributed by atoms with Gasteiger partial charge in [0.25, 0.3) is 5.91 Å². The average Bonchev–Trinajstić information content (AvgIpc) is 2.47. The molecule has 1 amide bonds. The number of carbonyl (C=O) groups excluding carboxylic acids is 1. The predicted octanol–water partition coefficient (Wildman–Crippen LogP) is 3.54. The molecule has 0 unspecified atom stereocenters. The Bertz CT molecular complexity index is 646. The number of rotatable bonds is 4. The molecule has 0 saturated heterocycles. The van der Waals surface area contributed by atoms with Crippen LogP contribution in [0, 0.1) is 10.1 Å². The maximum absolute atomic E-state index is 12.1. The first-order valence-corrected chi connectivity index (χ1v) is 6.20. The molecule has 0 aromatic heterocycles. The highest BCUT2D eigenvalue weighted by molar-refractivity contribution is 9.06. The van der Waals surface area contributed by atoms with E-state index in [4.69, 9.17) is 3.83 Å². The summed E-state index contributed by atoms with van der Waals surface area (Å²) in [6.07, 6.45) is 0. The van der Waals surface area contributed by atoms with Gasteiger partial charge < -0.3 is 9.15 Å². The largest absolute Gasteiger partial charge is 0.410 e. The number of benzene rings is 2. The fraction of sp³-hybridized carbons (Fsp3) is 0. The molecular formula is C13H9BrN2O4. The van der Waals surface area contributed by atoms with Crippen molar-refractivity contribution in [3.05, 3.63) is 64.2 Å². The summed E-state index contributed by atoms with van der Waals surface area (Å²) in [4.78, 5) is 22.4. The molecule has 1 N–H and O–H groups in total. The van der Waals surface area contributed by atoms with Crippen LogP contribution in [0.15, 0.2) is 48.5 Å². The minimum Gasteiger partial charge on any atom is -0.410 e. The monoisotopic (exact) mass is 336 g/mol. The number of carbonyl (C=O) groups is 1. The molecule has 20 heavy (non-hydrogen) atoms. The number of hydrogen-bond donors (Lipinski definition) is 1. The summed E-state index contributed by atoms with van der Waals surface area (Å²) in [5.74, 6) is -0.625. The quantitative estimate of drug-likeness (QED) is 0.683. The Hall–Kier alpha value is -2.41. The van der Waals surface area contributed by atoms with Crippen LogP contribution in [-0.4, -0.2) is 10.8 Å². The van der Waals surface area contributed by atoms with Crippen LogP contribution in [0.3, 0.4) is 0 Å². The van der Waals surface area contributed by atoms with Gasteiger partial charge in [0.1, 0.15) is 0 Å². The van der Waals surface area contributed by atoms with Gasteiger partial charge in [-0.25, -0.2) is 0 Å². The highest BCUT2D eigenvalue weighted by Crippen LogP contribution is 2.32. The average molecular weight is 337 g/mol. The first-order chi connectivity index (χ1) is 9.63. The van der Waals surface area contributed by atoms with Gasteiger partial charge in [0.05, 0.1) is 10.5 Å². The second-order valence-electron chi connectivity index (χ2n) is 3.81. The van der Waals surface area contributed by atoms with Crippen molar-refractivity contribution in [3.8, 4) is 5.75 Å². The Morgan fingerprint density at radius 1 is 1.15 bits per heavy atom. The second kappa shape index (κ2) is 6.16. The fourth-order valence-electron chi connectivity index (χ4n) is 1.65. The Morgan fingerprint density at radius 2 is 1.85 bits per heavy atom. The number of amides is 1. The van der Waals surface area contributed by atoms with Crippen molar-refractivity contribution in [1.82, 2.24) is 0 Å². The normalized spacial score (nSPS) is 9.85. The van der Waals surface area contributed by atoms with Gasteiger partial charge in [-0.3, -0.25) is 14.9 Å². The topological polar surface area (TPSA) is 81.5 Å². The minimum atomic E-state index is -0.615. The molecule has 0 atom stereocenters. The number of nitro groups is 1. The molecule has 0 saturated carbocycles. The molecule has 0 radical (unpaired) electrons. The maximum Gasteiger partial charge on any atom is 0.313 e. The van der Waals surface area contributed by atoms with Gasteiger partial charge in [-0.2, -0.15) is 0 Å². The molecule has 0 aliphatic carbocycles. The number of para-hydroxylation sites is 2. The number of hydrogen-bond acceptors (Lipinski definition) is 4. The lowest BCUT2D eigenvalue weighted by Crippen LogP contribution is -2.13. The number of nitrogens with zero attached hydrogens (tertiary/aromatic N) is 1. The third-order valence-corrected chi connectivity index (χ3v) is 2.87. The second-order valence-corrected chi connectivity index (χ2v) is 4.13. The standard InChI is InChI=1S/C13H9BrN2O4/c14-20-12-10(7-4-8-11(12)16(18)19)13(17)15-9-5-2-1-3-6-9/h1-8H,(H,15,17). The zero-order valence-electron chi connectivity index (χ0n) is 10.1. The summed E-state index contributed by atoms with van der Waals surface area (Å²) < 4.78 is 4.81. The fourth-order valence-corrected chi connectivity index (χ4v) is 1.99. The van der Waals surface area contributed by atoms with Gasteiger partial charge in [-0.05, 0) is 18.2 Å². The van der Waals surface area contributed by atoms with E-state index in [1.807, 2.05) is 6.07 Å². The predicted molar refractivity (Wildman–Crippen MR) is 77.0 cm³/mol. The van der Waals surface area contributed by atoms with Crippen LogP contribution >= 0.6 is 16.3 Å². The van der Waals surface area contributed by atoms with Crippen LogP contribution in [-0.2, 0) is 0 Å². The van der Waals surface area contributed by atoms with Gasteiger partial charge in [0, 0.05) is 11.8 Å². The Labute approximate surface area is 123 Å². The Balaban J connectivity index is 2.35. The van der Waals surface area contributed by atoms with E-state index in [1.165, 1.54) is 18.2 Å². The molecule has 7 heteroatoms. The molecular weight excluding hydrogens is 328 g/mol. The lowest BCUT2D eigenvalue weighted by atomic mass is 10.1. The molecule has 0 aliphatic heterocycles. The number of anilines is 1. The van der Waals surface area contributed by atoms with Gasteiger partial charge in [-0.1, -0.05) is 24.3 Å². The third kappa shape index (κ3) is 2.94. The summed E-state index contributed by atoms with van der Waals surface area (Å²) in [5.41, 5.74) is 0.368. The lowest BCUT2D eigenvalue weighted by Gasteiger charge is -2.08. The van der Waals surface area contributed by atoms with Crippen LogP contribution < -0.4 is 9.15 Å². The molecule has 2 aromatic rings. The van der Waals surface area contributed by atoms with Crippen LogP contribution in [0.25, 0.3) is 0 Å². The van der Waals surface area contributed by atoms with Crippen molar-refractivity contribution >= 4 is 33.5 Å². The third-order valence-electron chi connectivity index (χ3n) is 2.54. The molecule has 0 bridgehead atoms. The van der Waals surface area contributed by atoms with E-state index < -0.39 is 10.8 Å². The van der Waals surface area contributed by atoms with Crippen molar-refractivity contribution in [2.24, 2.45) is 0 Å². The van der Waals surface area contributed by atoms with E-state index in [1.54, 1.807) is 24.3 Å². The van der Waals surface area contributed by atoms with Crippen molar-refractivity contribution < 1.29 is 13.5 Å². The number of nitro benzene ring substituents is 1. The van der Waals surface area contributed by atoms with Crippen molar-refractivity contribution in [2.75, 3.05) is 5.32 Å². The van der Waals surface area contributed by atoms with E-state index in [0.717, 1.165) is 0 Å². The van der Waals surface area contributed by atoms with Gasteiger partial charge in [0.2, 0.25) is 5.75 Å².